The van der Waals surface area contributed by atoms with Gasteiger partial charge < -0.3 is 11.1 Å². The van der Waals surface area contributed by atoms with E-state index < -0.39 is 0 Å². The Hall–Kier alpha value is -0.570. The highest BCUT2D eigenvalue weighted by Crippen LogP contribution is 2.29. The van der Waals surface area contributed by atoms with Gasteiger partial charge in [0.2, 0.25) is 0 Å². The molecule has 2 aliphatic rings. The molecule has 0 amide bonds. The number of hydrogen-bond acceptors (Lipinski definition) is 3. The van der Waals surface area contributed by atoms with Gasteiger partial charge in [0.15, 0.2) is 0 Å². The molecule has 3 atom stereocenters. The molecule has 0 aromatic heterocycles. The zero-order chi connectivity index (χ0) is 9.97. The number of aliphatic imine (C=N–C) groups is 1. The van der Waals surface area contributed by atoms with E-state index in [0.29, 0.717) is 12.1 Å². The standard InChI is InChI=1S/C11H21N3/c1-2-3-11-13-9-5-4-8(7-12)6-10(9)14-11/h8-10H,2-7,12H2,1H3,(H,13,14). The van der Waals surface area contributed by atoms with Crippen molar-refractivity contribution in [3.8, 4) is 0 Å². The molecule has 3 heteroatoms. The first-order chi connectivity index (χ1) is 6.83. The van der Waals surface area contributed by atoms with Crippen LogP contribution >= 0.6 is 0 Å². The molecule has 0 radical (unpaired) electrons. The lowest BCUT2D eigenvalue weighted by atomic mass is 9.83. The Labute approximate surface area is 86.2 Å². The van der Waals surface area contributed by atoms with E-state index in [4.69, 9.17) is 10.7 Å². The SMILES string of the molecule is CCCC1=NC2CCC(CN)CC2N1. The first-order valence-electron chi connectivity index (χ1n) is 5.86. The topological polar surface area (TPSA) is 50.4 Å². The Morgan fingerprint density at radius 1 is 1.50 bits per heavy atom. The van der Waals surface area contributed by atoms with Crippen LogP contribution in [-0.4, -0.2) is 24.5 Å². The van der Waals surface area contributed by atoms with Gasteiger partial charge in [0.25, 0.3) is 0 Å². The summed E-state index contributed by atoms with van der Waals surface area (Å²) >= 11 is 0. The minimum absolute atomic E-state index is 0.555. The first kappa shape index (κ1) is 9.97. The number of nitrogens with one attached hydrogen (secondary N) is 1. The molecule has 2 rings (SSSR count). The van der Waals surface area contributed by atoms with E-state index in [1.807, 2.05) is 0 Å². The predicted molar refractivity (Wildman–Crippen MR) is 59.5 cm³/mol. The van der Waals surface area contributed by atoms with Crippen LogP contribution < -0.4 is 11.1 Å². The molecule has 14 heavy (non-hydrogen) atoms. The maximum atomic E-state index is 5.71. The maximum absolute atomic E-state index is 5.71. The maximum Gasteiger partial charge on any atom is 0.0970 e. The summed E-state index contributed by atoms with van der Waals surface area (Å²) in [4.78, 5) is 4.73. The van der Waals surface area contributed by atoms with Crippen molar-refractivity contribution >= 4 is 5.84 Å². The summed E-state index contributed by atoms with van der Waals surface area (Å²) in [5, 5.41) is 3.55. The molecule has 3 unspecified atom stereocenters. The van der Waals surface area contributed by atoms with Crippen molar-refractivity contribution in [3.05, 3.63) is 0 Å². The first-order valence-corrected chi connectivity index (χ1v) is 5.86. The lowest BCUT2D eigenvalue weighted by molar-refractivity contribution is 0.294. The highest BCUT2D eigenvalue weighted by atomic mass is 15.1. The molecule has 0 spiro atoms. The highest BCUT2D eigenvalue weighted by Gasteiger charge is 2.33. The molecule has 1 aliphatic carbocycles. The Morgan fingerprint density at radius 3 is 3.07 bits per heavy atom. The smallest absolute Gasteiger partial charge is 0.0970 e. The molecule has 1 heterocycles. The lowest BCUT2D eigenvalue weighted by Crippen LogP contribution is -2.41. The van der Waals surface area contributed by atoms with Gasteiger partial charge >= 0.3 is 0 Å². The van der Waals surface area contributed by atoms with Crippen LogP contribution in [0.5, 0.6) is 0 Å². The van der Waals surface area contributed by atoms with Gasteiger partial charge in [-0.3, -0.25) is 4.99 Å². The summed E-state index contributed by atoms with van der Waals surface area (Å²) in [6, 6.07) is 1.15. The molecule has 0 bridgehead atoms. The van der Waals surface area contributed by atoms with Crippen LogP contribution in [0.15, 0.2) is 4.99 Å². The van der Waals surface area contributed by atoms with Gasteiger partial charge in [-0.05, 0) is 38.1 Å². The fourth-order valence-electron chi connectivity index (χ4n) is 2.59. The lowest BCUT2D eigenvalue weighted by Gasteiger charge is -2.29. The minimum atomic E-state index is 0.555. The largest absolute Gasteiger partial charge is 0.369 e. The molecule has 1 aliphatic heterocycles. The van der Waals surface area contributed by atoms with Gasteiger partial charge in [0.1, 0.15) is 0 Å². The predicted octanol–water partition coefficient (Wildman–Crippen LogP) is 1.28. The van der Waals surface area contributed by atoms with Gasteiger partial charge in [-0.25, -0.2) is 0 Å². The fraction of sp³-hybridized carbons (Fsp3) is 0.909. The Balaban J connectivity index is 1.91. The number of amidine groups is 1. The van der Waals surface area contributed by atoms with E-state index in [2.05, 4.69) is 12.2 Å². The number of fused-ring (bicyclic) bond motifs is 1. The molecule has 0 aromatic carbocycles. The zero-order valence-corrected chi connectivity index (χ0v) is 9.00. The van der Waals surface area contributed by atoms with Crippen LogP contribution in [-0.2, 0) is 0 Å². The van der Waals surface area contributed by atoms with E-state index >= 15 is 0 Å². The van der Waals surface area contributed by atoms with Crippen molar-refractivity contribution < 1.29 is 0 Å². The van der Waals surface area contributed by atoms with E-state index in [9.17, 15) is 0 Å². The molecule has 3 N–H and O–H groups in total. The van der Waals surface area contributed by atoms with E-state index in [-0.39, 0.29) is 0 Å². The minimum Gasteiger partial charge on any atom is -0.369 e. The second-order valence-electron chi connectivity index (χ2n) is 4.56. The van der Waals surface area contributed by atoms with Gasteiger partial charge in [-0.1, -0.05) is 6.92 Å². The highest BCUT2D eigenvalue weighted by molar-refractivity contribution is 5.84. The summed E-state index contributed by atoms with van der Waals surface area (Å²) in [5.74, 6) is 1.96. The van der Waals surface area contributed by atoms with Crippen LogP contribution in [0.1, 0.15) is 39.0 Å². The average molecular weight is 195 g/mol. The summed E-state index contributed by atoms with van der Waals surface area (Å²) in [6.07, 6.45) is 6.01. The second-order valence-corrected chi connectivity index (χ2v) is 4.56. The van der Waals surface area contributed by atoms with Crippen molar-refractivity contribution in [1.82, 2.24) is 5.32 Å². The second kappa shape index (κ2) is 4.30. The fourth-order valence-corrected chi connectivity index (χ4v) is 2.59. The van der Waals surface area contributed by atoms with Gasteiger partial charge in [0.05, 0.1) is 11.9 Å². The Bertz CT molecular complexity index is 225. The summed E-state index contributed by atoms with van der Waals surface area (Å²) in [7, 11) is 0. The van der Waals surface area contributed by atoms with Crippen LogP contribution in [0.3, 0.4) is 0 Å². The van der Waals surface area contributed by atoms with Crippen molar-refractivity contribution in [1.29, 1.82) is 0 Å². The van der Waals surface area contributed by atoms with Crippen LogP contribution in [0.4, 0.5) is 0 Å². The van der Waals surface area contributed by atoms with Crippen LogP contribution in [0.2, 0.25) is 0 Å². The Kier molecular flexibility index (Phi) is 3.06. The van der Waals surface area contributed by atoms with E-state index in [1.54, 1.807) is 0 Å². The van der Waals surface area contributed by atoms with Crippen molar-refractivity contribution in [2.45, 2.75) is 51.1 Å². The quantitative estimate of drug-likeness (QED) is 0.713. The third kappa shape index (κ3) is 1.92. The van der Waals surface area contributed by atoms with Gasteiger partial charge in [-0.2, -0.15) is 0 Å². The summed E-state index contributed by atoms with van der Waals surface area (Å²) in [5.41, 5.74) is 5.71. The number of nitrogens with zero attached hydrogens (tertiary/aromatic N) is 1. The normalized spacial score (nSPS) is 36.1. The van der Waals surface area contributed by atoms with E-state index in [1.165, 1.54) is 31.5 Å². The third-order valence-electron chi connectivity index (χ3n) is 3.42. The molecular weight excluding hydrogens is 174 g/mol. The van der Waals surface area contributed by atoms with Crippen molar-refractivity contribution in [2.75, 3.05) is 6.54 Å². The molecule has 3 nitrogen and oxygen atoms in total. The third-order valence-corrected chi connectivity index (χ3v) is 3.42. The summed E-state index contributed by atoms with van der Waals surface area (Å²) in [6.45, 7) is 3.04. The molecule has 1 saturated carbocycles. The van der Waals surface area contributed by atoms with Gasteiger partial charge in [0, 0.05) is 12.5 Å². The average Bonchev–Trinajstić information content (AvgIpc) is 2.59. The number of rotatable bonds is 3. The monoisotopic (exact) mass is 195 g/mol. The summed E-state index contributed by atoms with van der Waals surface area (Å²) < 4.78 is 0. The number of nitrogens with two attached hydrogens (primary N) is 1. The van der Waals surface area contributed by atoms with Crippen molar-refractivity contribution in [3.63, 3.8) is 0 Å². The Morgan fingerprint density at radius 2 is 2.36 bits per heavy atom. The molecule has 1 fully saturated rings. The number of hydrogen-bond donors (Lipinski definition) is 2. The molecule has 0 saturated heterocycles. The van der Waals surface area contributed by atoms with Gasteiger partial charge in [-0.15, -0.1) is 0 Å². The molecule has 80 valence electrons. The molecule has 0 aromatic rings. The van der Waals surface area contributed by atoms with Crippen LogP contribution in [0.25, 0.3) is 0 Å². The van der Waals surface area contributed by atoms with Crippen LogP contribution in [0, 0.1) is 5.92 Å². The zero-order valence-electron chi connectivity index (χ0n) is 9.00. The van der Waals surface area contributed by atoms with Crippen molar-refractivity contribution in [2.24, 2.45) is 16.6 Å². The van der Waals surface area contributed by atoms with E-state index in [0.717, 1.165) is 18.9 Å². The molecular formula is C11H21N3.